The van der Waals surface area contributed by atoms with Gasteiger partial charge in [-0.3, -0.25) is 4.68 Å². The summed E-state index contributed by atoms with van der Waals surface area (Å²) in [7, 11) is 1.85. The Balaban J connectivity index is 1.98. The Morgan fingerprint density at radius 3 is 2.89 bits per heavy atom. The second kappa shape index (κ2) is 4.35. The minimum absolute atomic E-state index is 0.294. The molecule has 0 saturated heterocycles. The van der Waals surface area contributed by atoms with Crippen molar-refractivity contribution in [2.24, 2.45) is 7.05 Å². The van der Waals surface area contributed by atoms with Crippen molar-refractivity contribution in [3.05, 3.63) is 47.0 Å². The van der Waals surface area contributed by atoms with Crippen LogP contribution in [0.5, 0.6) is 5.75 Å². The molecule has 5 heteroatoms. The molecule has 0 saturated carbocycles. The molecule has 0 spiro atoms. The highest BCUT2D eigenvalue weighted by atomic mass is 19.1. The first kappa shape index (κ1) is 12.2. The van der Waals surface area contributed by atoms with Crippen molar-refractivity contribution in [1.29, 1.82) is 0 Å². The molecule has 2 aromatic rings. The number of fused-ring (bicyclic) bond motifs is 1. The highest BCUT2D eigenvalue weighted by molar-refractivity contribution is 5.39. The van der Waals surface area contributed by atoms with Crippen molar-refractivity contribution in [3.63, 3.8) is 0 Å². The van der Waals surface area contributed by atoms with E-state index in [2.05, 4.69) is 5.10 Å². The molecular formula is C14H15FN2O2. The first-order valence-electron chi connectivity index (χ1n) is 6.19. The maximum absolute atomic E-state index is 13.3. The lowest BCUT2D eigenvalue weighted by atomic mass is 9.95. The summed E-state index contributed by atoms with van der Waals surface area (Å²) in [5.74, 6) is 0.0431. The van der Waals surface area contributed by atoms with Crippen molar-refractivity contribution in [2.75, 3.05) is 0 Å². The number of halogens is 1. The van der Waals surface area contributed by atoms with Crippen LogP contribution in [0.15, 0.2) is 24.4 Å². The number of nitrogens with zero attached hydrogens (tertiary/aromatic N) is 2. The average molecular weight is 262 g/mol. The fourth-order valence-electron chi connectivity index (χ4n) is 2.44. The van der Waals surface area contributed by atoms with E-state index < -0.39 is 6.10 Å². The van der Waals surface area contributed by atoms with Crippen LogP contribution < -0.4 is 4.74 Å². The molecule has 2 atom stereocenters. The van der Waals surface area contributed by atoms with E-state index in [4.69, 9.17) is 4.74 Å². The maximum Gasteiger partial charge on any atom is 0.130 e. The van der Waals surface area contributed by atoms with E-state index >= 15 is 0 Å². The summed E-state index contributed by atoms with van der Waals surface area (Å²) in [5, 5.41) is 14.3. The number of aromatic nitrogens is 2. The quantitative estimate of drug-likeness (QED) is 0.858. The van der Waals surface area contributed by atoms with Gasteiger partial charge in [0.25, 0.3) is 0 Å². The number of benzene rings is 1. The Morgan fingerprint density at radius 2 is 2.21 bits per heavy atom. The fourth-order valence-corrected chi connectivity index (χ4v) is 2.44. The van der Waals surface area contributed by atoms with Gasteiger partial charge in [-0.2, -0.15) is 5.10 Å². The maximum atomic E-state index is 13.3. The van der Waals surface area contributed by atoms with Gasteiger partial charge in [-0.1, -0.05) is 0 Å². The SMILES string of the molecule is Cc1c(C2C[C@H](O)c3ccc(F)cc3O2)cnn1C. The largest absolute Gasteiger partial charge is 0.485 e. The van der Waals surface area contributed by atoms with Gasteiger partial charge in [0.2, 0.25) is 0 Å². The van der Waals surface area contributed by atoms with Gasteiger partial charge in [-0.25, -0.2) is 4.39 Å². The van der Waals surface area contributed by atoms with Gasteiger partial charge < -0.3 is 9.84 Å². The summed E-state index contributed by atoms with van der Waals surface area (Å²) in [6, 6.07) is 4.22. The molecule has 1 aliphatic heterocycles. The standard InChI is InChI=1S/C14H15FN2O2/c1-8-11(7-16-17(8)2)14-6-12(18)10-4-3-9(15)5-13(10)19-14/h3-5,7,12,14,18H,6H2,1-2H3/t12-,14?/m0/s1. The van der Waals surface area contributed by atoms with Gasteiger partial charge in [-0.15, -0.1) is 0 Å². The van der Waals surface area contributed by atoms with E-state index in [9.17, 15) is 9.50 Å². The summed E-state index contributed by atoms with van der Waals surface area (Å²) < 4.78 is 20.8. The zero-order valence-electron chi connectivity index (χ0n) is 10.8. The predicted octanol–water partition coefficient (Wildman–Crippen LogP) is 2.42. The molecule has 1 unspecified atom stereocenters. The second-order valence-corrected chi connectivity index (χ2v) is 4.85. The van der Waals surface area contributed by atoms with Crippen molar-refractivity contribution < 1.29 is 14.2 Å². The third-order valence-electron chi connectivity index (χ3n) is 3.66. The van der Waals surface area contributed by atoms with Crippen molar-refractivity contribution >= 4 is 0 Å². The number of aliphatic hydroxyl groups is 1. The van der Waals surface area contributed by atoms with E-state index in [0.29, 0.717) is 17.7 Å². The van der Waals surface area contributed by atoms with Gasteiger partial charge in [0.05, 0.1) is 12.3 Å². The Kier molecular flexibility index (Phi) is 2.78. The molecule has 2 heterocycles. The van der Waals surface area contributed by atoms with E-state index in [1.807, 2.05) is 14.0 Å². The molecular weight excluding hydrogens is 247 g/mol. The molecule has 0 fully saturated rings. The minimum atomic E-state index is -0.644. The third-order valence-corrected chi connectivity index (χ3v) is 3.66. The molecule has 100 valence electrons. The molecule has 1 aromatic heterocycles. The molecule has 4 nitrogen and oxygen atoms in total. The van der Waals surface area contributed by atoms with Crippen molar-refractivity contribution in [3.8, 4) is 5.75 Å². The molecule has 1 aliphatic rings. The Morgan fingerprint density at radius 1 is 1.42 bits per heavy atom. The predicted molar refractivity (Wildman–Crippen MR) is 67.3 cm³/mol. The van der Waals surface area contributed by atoms with E-state index in [-0.39, 0.29) is 11.9 Å². The van der Waals surface area contributed by atoms with Crippen LogP contribution in [0.2, 0.25) is 0 Å². The Bertz CT molecular complexity index is 624. The first-order valence-corrected chi connectivity index (χ1v) is 6.19. The molecule has 0 aliphatic carbocycles. The molecule has 3 rings (SSSR count). The summed E-state index contributed by atoms with van der Waals surface area (Å²) >= 11 is 0. The summed E-state index contributed by atoms with van der Waals surface area (Å²) in [6.45, 7) is 1.94. The lowest BCUT2D eigenvalue weighted by Gasteiger charge is -2.29. The molecule has 0 bridgehead atoms. The van der Waals surface area contributed by atoms with Crippen LogP contribution in [0.4, 0.5) is 4.39 Å². The Hall–Kier alpha value is -1.88. The topological polar surface area (TPSA) is 47.3 Å². The summed E-state index contributed by atoms with van der Waals surface area (Å²) in [4.78, 5) is 0. The molecule has 0 amide bonds. The van der Waals surface area contributed by atoms with Crippen molar-refractivity contribution in [2.45, 2.75) is 25.6 Å². The molecule has 0 radical (unpaired) electrons. The van der Waals surface area contributed by atoms with Gasteiger partial charge in [0, 0.05) is 36.4 Å². The lowest BCUT2D eigenvalue weighted by molar-refractivity contribution is 0.0650. The number of aliphatic hydroxyl groups excluding tert-OH is 1. The molecule has 1 N–H and O–H groups in total. The average Bonchev–Trinajstić information content (AvgIpc) is 2.69. The smallest absolute Gasteiger partial charge is 0.130 e. The van der Waals surface area contributed by atoms with Crippen LogP contribution in [0.3, 0.4) is 0 Å². The van der Waals surface area contributed by atoms with Crippen LogP contribution in [0.25, 0.3) is 0 Å². The molecule has 1 aromatic carbocycles. The monoisotopic (exact) mass is 262 g/mol. The van der Waals surface area contributed by atoms with Crippen molar-refractivity contribution in [1.82, 2.24) is 9.78 Å². The van der Waals surface area contributed by atoms with Crippen LogP contribution in [0, 0.1) is 12.7 Å². The summed E-state index contributed by atoms with van der Waals surface area (Å²) in [5.41, 5.74) is 2.55. The first-order chi connectivity index (χ1) is 9.06. The lowest BCUT2D eigenvalue weighted by Crippen LogP contribution is -2.19. The zero-order valence-corrected chi connectivity index (χ0v) is 10.8. The van der Waals surface area contributed by atoms with E-state index in [1.165, 1.54) is 12.1 Å². The summed E-state index contributed by atoms with van der Waals surface area (Å²) in [6.07, 6.45) is 1.24. The van der Waals surface area contributed by atoms with Gasteiger partial charge in [0.15, 0.2) is 0 Å². The zero-order chi connectivity index (χ0) is 13.6. The van der Waals surface area contributed by atoms with Gasteiger partial charge in [0.1, 0.15) is 17.7 Å². The minimum Gasteiger partial charge on any atom is -0.485 e. The number of hydrogen-bond donors (Lipinski definition) is 1. The fraction of sp³-hybridized carbons (Fsp3) is 0.357. The number of hydrogen-bond acceptors (Lipinski definition) is 3. The number of ether oxygens (including phenoxy) is 1. The van der Waals surface area contributed by atoms with E-state index in [0.717, 1.165) is 11.3 Å². The number of rotatable bonds is 1. The highest BCUT2D eigenvalue weighted by Gasteiger charge is 2.30. The third kappa shape index (κ3) is 2.00. The van der Waals surface area contributed by atoms with Crippen LogP contribution in [0.1, 0.15) is 35.4 Å². The van der Waals surface area contributed by atoms with Crippen LogP contribution >= 0.6 is 0 Å². The number of aryl methyl sites for hydroxylation is 1. The van der Waals surface area contributed by atoms with Crippen LogP contribution in [-0.4, -0.2) is 14.9 Å². The van der Waals surface area contributed by atoms with Gasteiger partial charge >= 0.3 is 0 Å². The van der Waals surface area contributed by atoms with E-state index in [1.54, 1.807) is 16.9 Å². The normalized spacial score (nSPS) is 21.9. The molecule has 19 heavy (non-hydrogen) atoms. The van der Waals surface area contributed by atoms with Crippen LogP contribution in [-0.2, 0) is 7.05 Å². The highest BCUT2D eigenvalue weighted by Crippen LogP contribution is 2.41. The second-order valence-electron chi connectivity index (χ2n) is 4.85. The Labute approximate surface area is 110 Å². The van der Waals surface area contributed by atoms with Gasteiger partial charge in [-0.05, 0) is 19.1 Å².